The van der Waals surface area contributed by atoms with Gasteiger partial charge >= 0.3 is 0 Å². The number of hydrogen-bond donors (Lipinski definition) is 2. The normalized spacial score (nSPS) is 11.8. The van der Waals surface area contributed by atoms with Gasteiger partial charge in [-0.2, -0.15) is 0 Å². The lowest BCUT2D eigenvalue weighted by Gasteiger charge is -2.16. The molecule has 2 amide bonds. The van der Waals surface area contributed by atoms with Gasteiger partial charge in [0, 0.05) is 22.3 Å². The molecule has 0 spiro atoms. The van der Waals surface area contributed by atoms with Crippen LogP contribution in [0.1, 0.15) is 30.5 Å². The van der Waals surface area contributed by atoms with Gasteiger partial charge in [0.15, 0.2) is 0 Å². The number of carbonyl (C=O) groups excluding carboxylic acids is 2. The molecule has 0 fully saturated rings. The molecule has 3 rings (SSSR count). The topological polar surface area (TPSA) is 58.2 Å². The van der Waals surface area contributed by atoms with Crippen LogP contribution in [0.4, 0.5) is 11.4 Å². The molecule has 2 N–H and O–H groups in total. The molecular formula is C27H28N2O2S. The molecule has 0 radical (unpaired) electrons. The maximum Gasteiger partial charge on any atom is 0.248 e. The molecular weight excluding hydrogens is 416 g/mol. The summed E-state index contributed by atoms with van der Waals surface area (Å²) in [7, 11) is 0. The van der Waals surface area contributed by atoms with E-state index in [9.17, 15) is 9.59 Å². The van der Waals surface area contributed by atoms with Crippen LogP contribution in [0.5, 0.6) is 0 Å². The fourth-order valence-corrected chi connectivity index (χ4v) is 4.09. The van der Waals surface area contributed by atoms with Crippen molar-refractivity contribution in [1.29, 1.82) is 0 Å². The number of hydrogen-bond acceptors (Lipinski definition) is 3. The van der Waals surface area contributed by atoms with Crippen molar-refractivity contribution < 1.29 is 9.59 Å². The van der Waals surface area contributed by atoms with Gasteiger partial charge in [-0.25, -0.2) is 0 Å². The summed E-state index contributed by atoms with van der Waals surface area (Å²) >= 11 is 1.49. The van der Waals surface area contributed by atoms with Crippen molar-refractivity contribution in [2.45, 2.75) is 37.3 Å². The zero-order valence-electron chi connectivity index (χ0n) is 18.6. The van der Waals surface area contributed by atoms with Gasteiger partial charge in [0.05, 0.1) is 5.25 Å². The van der Waals surface area contributed by atoms with Crippen LogP contribution < -0.4 is 10.6 Å². The summed E-state index contributed by atoms with van der Waals surface area (Å²) in [6.07, 6.45) is 4.16. The molecule has 3 aromatic carbocycles. The smallest absolute Gasteiger partial charge is 0.248 e. The molecule has 5 heteroatoms. The van der Waals surface area contributed by atoms with E-state index in [0.717, 1.165) is 33.7 Å². The quantitative estimate of drug-likeness (QED) is 0.315. The molecule has 32 heavy (non-hydrogen) atoms. The van der Waals surface area contributed by atoms with Gasteiger partial charge in [-0.1, -0.05) is 55.5 Å². The van der Waals surface area contributed by atoms with Gasteiger partial charge in [0.1, 0.15) is 0 Å². The number of amides is 2. The summed E-state index contributed by atoms with van der Waals surface area (Å²) in [5, 5.41) is 5.69. The Morgan fingerprint density at radius 3 is 2.34 bits per heavy atom. The lowest BCUT2D eigenvalue weighted by molar-refractivity contribution is -0.115. The second-order valence-corrected chi connectivity index (χ2v) is 8.88. The predicted molar refractivity (Wildman–Crippen MR) is 135 cm³/mol. The summed E-state index contributed by atoms with van der Waals surface area (Å²) in [5.74, 6) is -0.214. The van der Waals surface area contributed by atoms with Crippen molar-refractivity contribution in [1.82, 2.24) is 0 Å². The summed E-state index contributed by atoms with van der Waals surface area (Å²) < 4.78 is 0. The van der Waals surface area contributed by atoms with E-state index in [4.69, 9.17) is 0 Å². The summed E-state index contributed by atoms with van der Waals surface area (Å²) in [6.45, 7) is 5.99. The molecule has 1 atom stereocenters. The number of anilines is 2. The molecule has 164 valence electrons. The van der Waals surface area contributed by atoms with E-state index in [2.05, 4.69) is 17.6 Å². The lowest BCUT2D eigenvalue weighted by Crippen LogP contribution is -2.23. The Kier molecular flexibility index (Phi) is 8.28. The van der Waals surface area contributed by atoms with E-state index in [1.807, 2.05) is 86.6 Å². The molecule has 0 aromatic heterocycles. The predicted octanol–water partition coefficient (Wildman–Crippen LogP) is 6.33. The third-order valence-corrected chi connectivity index (χ3v) is 6.13. The SMILES string of the molecule is CCc1cccc(C)c1NC(=O)C(C)Sc1ccc(NC(=O)/C=C/c2ccccc2)cc1. The fourth-order valence-electron chi connectivity index (χ4n) is 3.22. The first-order valence-corrected chi connectivity index (χ1v) is 11.5. The molecule has 1 unspecified atom stereocenters. The zero-order chi connectivity index (χ0) is 22.9. The first-order chi connectivity index (χ1) is 15.5. The molecule has 0 heterocycles. The van der Waals surface area contributed by atoms with Gasteiger partial charge in [-0.3, -0.25) is 9.59 Å². The first-order valence-electron chi connectivity index (χ1n) is 10.7. The second kappa shape index (κ2) is 11.3. The van der Waals surface area contributed by atoms with Gasteiger partial charge in [0.2, 0.25) is 11.8 Å². The number of carbonyl (C=O) groups is 2. The van der Waals surface area contributed by atoms with E-state index in [1.54, 1.807) is 6.08 Å². The average molecular weight is 445 g/mol. The maximum absolute atomic E-state index is 12.7. The van der Waals surface area contributed by atoms with Crippen LogP contribution in [0.3, 0.4) is 0 Å². The van der Waals surface area contributed by atoms with Crippen molar-refractivity contribution in [3.8, 4) is 0 Å². The number of thioether (sulfide) groups is 1. The van der Waals surface area contributed by atoms with Crippen molar-refractivity contribution >= 4 is 41.0 Å². The van der Waals surface area contributed by atoms with Gasteiger partial charge in [-0.05, 0) is 67.3 Å². The summed E-state index contributed by atoms with van der Waals surface area (Å²) in [6, 6.07) is 23.3. The second-order valence-electron chi connectivity index (χ2n) is 7.47. The Morgan fingerprint density at radius 2 is 1.66 bits per heavy atom. The molecule has 0 aliphatic heterocycles. The highest BCUT2D eigenvalue weighted by Crippen LogP contribution is 2.27. The Hall–Kier alpha value is -3.31. The minimum Gasteiger partial charge on any atom is -0.325 e. The van der Waals surface area contributed by atoms with Crippen LogP contribution in [-0.2, 0) is 16.0 Å². The van der Waals surface area contributed by atoms with Crippen LogP contribution in [0.2, 0.25) is 0 Å². The average Bonchev–Trinajstić information content (AvgIpc) is 2.81. The van der Waals surface area contributed by atoms with E-state index < -0.39 is 0 Å². The van der Waals surface area contributed by atoms with Gasteiger partial charge in [0.25, 0.3) is 0 Å². The van der Waals surface area contributed by atoms with Crippen LogP contribution in [0, 0.1) is 6.92 Å². The highest BCUT2D eigenvalue weighted by Gasteiger charge is 2.17. The minimum absolute atomic E-state index is 0.0255. The number of nitrogens with one attached hydrogen (secondary N) is 2. The molecule has 0 bridgehead atoms. The highest BCUT2D eigenvalue weighted by molar-refractivity contribution is 8.00. The number of aryl methyl sites for hydroxylation is 2. The molecule has 0 aliphatic carbocycles. The summed E-state index contributed by atoms with van der Waals surface area (Å²) in [5.41, 5.74) is 4.79. The molecule has 3 aromatic rings. The van der Waals surface area contributed by atoms with Crippen LogP contribution >= 0.6 is 11.8 Å². The third kappa shape index (κ3) is 6.59. The monoisotopic (exact) mass is 444 g/mol. The Morgan fingerprint density at radius 1 is 0.938 bits per heavy atom. The van der Waals surface area contributed by atoms with Crippen LogP contribution in [0.25, 0.3) is 6.08 Å². The fraction of sp³-hybridized carbons (Fsp3) is 0.185. The van der Waals surface area contributed by atoms with E-state index in [-0.39, 0.29) is 17.1 Å². The number of rotatable bonds is 8. The number of para-hydroxylation sites is 1. The van der Waals surface area contributed by atoms with E-state index in [0.29, 0.717) is 5.69 Å². The van der Waals surface area contributed by atoms with Crippen LogP contribution in [0.15, 0.2) is 83.8 Å². The molecule has 0 saturated heterocycles. The largest absolute Gasteiger partial charge is 0.325 e. The van der Waals surface area contributed by atoms with Crippen molar-refractivity contribution in [3.05, 3.63) is 95.6 Å². The maximum atomic E-state index is 12.7. The lowest BCUT2D eigenvalue weighted by atomic mass is 10.1. The zero-order valence-corrected chi connectivity index (χ0v) is 19.4. The number of benzene rings is 3. The Balaban J connectivity index is 1.55. The molecule has 0 aliphatic rings. The Labute approximate surface area is 194 Å². The minimum atomic E-state index is -0.256. The Bertz CT molecular complexity index is 1090. The van der Waals surface area contributed by atoms with E-state index >= 15 is 0 Å². The highest BCUT2D eigenvalue weighted by atomic mass is 32.2. The molecule has 0 saturated carbocycles. The van der Waals surface area contributed by atoms with Crippen molar-refractivity contribution in [3.63, 3.8) is 0 Å². The van der Waals surface area contributed by atoms with Gasteiger partial charge < -0.3 is 10.6 Å². The molecule has 4 nitrogen and oxygen atoms in total. The summed E-state index contributed by atoms with van der Waals surface area (Å²) in [4.78, 5) is 25.8. The van der Waals surface area contributed by atoms with Gasteiger partial charge in [-0.15, -0.1) is 11.8 Å². The van der Waals surface area contributed by atoms with Crippen molar-refractivity contribution in [2.75, 3.05) is 10.6 Å². The standard InChI is InChI=1S/C27H28N2O2S/c1-4-22-12-8-9-19(2)26(22)29-27(31)20(3)32-24-16-14-23(15-17-24)28-25(30)18-13-21-10-6-5-7-11-21/h5-18,20H,4H2,1-3H3,(H,28,30)(H,29,31)/b18-13+. The van der Waals surface area contributed by atoms with Crippen LogP contribution in [-0.4, -0.2) is 17.1 Å². The van der Waals surface area contributed by atoms with Crippen molar-refractivity contribution in [2.24, 2.45) is 0 Å². The first kappa shape index (κ1) is 23.4. The third-order valence-electron chi connectivity index (χ3n) is 5.02. The van der Waals surface area contributed by atoms with E-state index in [1.165, 1.54) is 17.8 Å².